The highest BCUT2D eigenvalue weighted by Gasteiger charge is 2.25. The topological polar surface area (TPSA) is 113 Å². The lowest BCUT2D eigenvalue weighted by Crippen LogP contribution is -2.35. The zero-order valence-electron chi connectivity index (χ0n) is 14.5. The zero-order chi connectivity index (χ0) is 19.4. The SMILES string of the molecule is O=[N+]([O-])c1ccc(O)c(C=Nc2cccc(S(=O)(=O)N3CCCCC3)c2)c1. The second-order valence-corrected chi connectivity index (χ2v) is 8.16. The molecule has 3 rings (SSSR count). The minimum absolute atomic E-state index is 0.151. The number of phenolic OH excluding ortho intramolecular Hbond substituents is 1. The molecule has 9 heteroatoms. The Balaban J connectivity index is 1.87. The van der Waals surface area contributed by atoms with Crippen molar-refractivity contribution in [1.29, 1.82) is 0 Å². The molecule has 0 amide bonds. The van der Waals surface area contributed by atoms with Crippen LogP contribution < -0.4 is 0 Å². The molecule has 1 aliphatic rings. The molecule has 0 aromatic heterocycles. The monoisotopic (exact) mass is 389 g/mol. The molecule has 1 fully saturated rings. The van der Waals surface area contributed by atoms with Gasteiger partial charge in [0, 0.05) is 37.0 Å². The first kappa shape index (κ1) is 19.0. The highest BCUT2D eigenvalue weighted by Crippen LogP contribution is 2.25. The molecule has 1 saturated heterocycles. The second-order valence-electron chi connectivity index (χ2n) is 6.22. The van der Waals surface area contributed by atoms with Crippen LogP contribution in [0.15, 0.2) is 52.4 Å². The lowest BCUT2D eigenvalue weighted by Gasteiger charge is -2.25. The summed E-state index contributed by atoms with van der Waals surface area (Å²) in [4.78, 5) is 14.6. The quantitative estimate of drug-likeness (QED) is 0.479. The molecule has 142 valence electrons. The van der Waals surface area contributed by atoms with Gasteiger partial charge in [0.1, 0.15) is 5.75 Å². The maximum Gasteiger partial charge on any atom is 0.270 e. The number of phenols is 1. The summed E-state index contributed by atoms with van der Waals surface area (Å²) in [5.74, 6) is -0.151. The Morgan fingerprint density at radius 2 is 1.85 bits per heavy atom. The van der Waals surface area contributed by atoms with Crippen molar-refractivity contribution in [3.05, 3.63) is 58.1 Å². The molecule has 0 saturated carbocycles. The molecule has 0 radical (unpaired) electrons. The number of nitrogens with zero attached hydrogens (tertiary/aromatic N) is 3. The molecule has 0 aliphatic carbocycles. The molecule has 1 N–H and O–H groups in total. The largest absolute Gasteiger partial charge is 0.507 e. The summed E-state index contributed by atoms with van der Waals surface area (Å²) in [6, 6.07) is 9.81. The number of aromatic hydroxyl groups is 1. The Bertz CT molecular complexity index is 982. The number of sulfonamides is 1. The summed E-state index contributed by atoms with van der Waals surface area (Å²) < 4.78 is 27.0. The van der Waals surface area contributed by atoms with Gasteiger partial charge in [-0.15, -0.1) is 0 Å². The summed E-state index contributed by atoms with van der Waals surface area (Å²) in [7, 11) is -3.57. The van der Waals surface area contributed by atoms with E-state index in [0.717, 1.165) is 19.3 Å². The standard InChI is InChI=1S/C18H19N3O5S/c22-18-8-7-16(21(23)24)11-14(18)13-19-15-5-4-6-17(12-15)27(25,26)20-9-2-1-3-10-20/h4-8,11-13,22H,1-3,9-10H2. The normalized spacial score (nSPS) is 15.9. The molecular formula is C18H19N3O5S. The van der Waals surface area contributed by atoms with Crippen LogP contribution in [-0.4, -0.2) is 42.1 Å². The third-order valence-corrected chi connectivity index (χ3v) is 6.24. The van der Waals surface area contributed by atoms with Crippen molar-refractivity contribution in [2.24, 2.45) is 4.99 Å². The van der Waals surface area contributed by atoms with Crippen molar-refractivity contribution < 1.29 is 18.4 Å². The van der Waals surface area contributed by atoms with Gasteiger partial charge in [-0.25, -0.2) is 8.42 Å². The van der Waals surface area contributed by atoms with Crippen LogP contribution in [0.5, 0.6) is 5.75 Å². The third-order valence-electron chi connectivity index (χ3n) is 4.35. The maximum absolute atomic E-state index is 12.7. The molecule has 0 unspecified atom stereocenters. The fourth-order valence-corrected chi connectivity index (χ4v) is 4.44. The Morgan fingerprint density at radius 1 is 1.11 bits per heavy atom. The van der Waals surface area contributed by atoms with Crippen LogP contribution in [0.1, 0.15) is 24.8 Å². The summed E-state index contributed by atoms with van der Waals surface area (Å²) in [5, 5.41) is 20.7. The molecule has 2 aromatic rings. The minimum Gasteiger partial charge on any atom is -0.507 e. The fourth-order valence-electron chi connectivity index (χ4n) is 2.88. The van der Waals surface area contributed by atoms with Gasteiger partial charge in [-0.1, -0.05) is 12.5 Å². The maximum atomic E-state index is 12.7. The van der Waals surface area contributed by atoms with E-state index in [4.69, 9.17) is 0 Å². The zero-order valence-corrected chi connectivity index (χ0v) is 15.3. The molecule has 0 spiro atoms. The van der Waals surface area contributed by atoms with Gasteiger partial charge in [0.25, 0.3) is 5.69 Å². The number of rotatable bonds is 5. The second kappa shape index (κ2) is 7.85. The van der Waals surface area contributed by atoms with Crippen molar-refractivity contribution in [1.82, 2.24) is 4.31 Å². The van der Waals surface area contributed by atoms with Crippen LogP contribution in [0.4, 0.5) is 11.4 Å². The molecule has 1 heterocycles. The van der Waals surface area contributed by atoms with Gasteiger partial charge in [0.2, 0.25) is 10.0 Å². The molecule has 8 nitrogen and oxygen atoms in total. The van der Waals surface area contributed by atoms with Crippen LogP contribution in [0.2, 0.25) is 0 Å². The van der Waals surface area contributed by atoms with E-state index < -0.39 is 14.9 Å². The van der Waals surface area contributed by atoms with Gasteiger partial charge < -0.3 is 5.11 Å². The van der Waals surface area contributed by atoms with Crippen LogP contribution in [0.3, 0.4) is 0 Å². The number of piperidine rings is 1. The summed E-state index contributed by atoms with van der Waals surface area (Å²) in [6.45, 7) is 1.02. The first-order chi connectivity index (χ1) is 12.9. The van der Waals surface area contributed by atoms with Gasteiger partial charge in [-0.05, 0) is 37.1 Å². The van der Waals surface area contributed by atoms with E-state index >= 15 is 0 Å². The number of hydrogen-bond donors (Lipinski definition) is 1. The van der Waals surface area contributed by atoms with Crippen molar-refractivity contribution in [2.75, 3.05) is 13.1 Å². The number of benzene rings is 2. The Labute approximate surface area is 157 Å². The van der Waals surface area contributed by atoms with E-state index in [0.29, 0.717) is 18.8 Å². The van der Waals surface area contributed by atoms with Crippen molar-refractivity contribution >= 4 is 27.6 Å². The average molecular weight is 389 g/mol. The fraction of sp³-hybridized carbons (Fsp3) is 0.278. The minimum atomic E-state index is -3.57. The third kappa shape index (κ3) is 4.32. The molecule has 27 heavy (non-hydrogen) atoms. The Morgan fingerprint density at radius 3 is 2.56 bits per heavy atom. The van der Waals surface area contributed by atoms with E-state index in [1.54, 1.807) is 12.1 Å². The summed E-state index contributed by atoms with van der Waals surface area (Å²) >= 11 is 0. The van der Waals surface area contributed by atoms with Gasteiger partial charge >= 0.3 is 0 Å². The summed E-state index contributed by atoms with van der Waals surface area (Å²) in [5.41, 5.74) is 0.378. The van der Waals surface area contributed by atoms with Crippen molar-refractivity contribution in [3.63, 3.8) is 0 Å². The van der Waals surface area contributed by atoms with Gasteiger partial charge in [0.05, 0.1) is 15.5 Å². The van der Waals surface area contributed by atoms with Crippen LogP contribution in [-0.2, 0) is 10.0 Å². The van der Waals surface area contributed by atoms with Gasteiger partial charge in [0.15, 0.2) is 0 Å². The lowest BCUT2D eigenvalue weighted by molar-refractivity contribution is -0.384. The number of non-ortho nitro benzene ring substituents is 1. The number of nitro groups is 1. The van der Waals surface area contributed by atoms with Crippen molar-refractivity contribution in [2.45, 2.75) is 24.2 Å². The van der Waals surface area contributed by atoms with E-state index in [9.17, 15) is 23.6 Å². The van der Waals surface area contributed by atoms with E-state index in [1.807, 2.05) is 0 Å². The van der Waals surface area contributed by atoms with Crippen molar-refractivity contribution in [3.8, 4) is 5.75 Å². The van der Waals surface area contributed by atoms with E-state index in [2.05, 4.69) is 4.99 Å². The molecule has 2 aromatic carbocycles. The number of aliphatic imine (C=N–C) groups is 1. The highest BCUT2D eigenvalue weighted by molar-refractivity contribution is 7.89. The predicted molar refractivity (Wildman–Crippen MR) is 101 cm³/mol. The molecule has 0 bridgehead atoms. The van der Waals surface area contributed by atoms with Crippen LogP contribution in [0.25, 0.3) is 0 Å². The van der Waals surface area contributed by atoms with E-state index in [-0.39, 0.29) is 21.9 Å². The smallest absolute Gasteiger partial charge is 0.270 e. The summed E-state index contributed by atoms with van der Waals surface area (Å²) in [6.07, 6.45) is 4.00. The van der Waals surface area contributed by atoms with E-state index in [1.165, 1.54) is 40.9 Å². The average Bonchev–Trinajstić information content (AvgIpc) is 2.68. The van der Waals surface area contributed by atoms with Crippen LogP contribution in [0, 0.1) is 10.1 Å². The number of nitro benzene ring substituents is 1. The predicted octanol–water partition coefficient (Wildman–Crippen LogP) is 3.23. The van der Waals surface area contributed by atoms with Gasteiger partial charge in [-0.3, -0.25) is 15.1 Å². The molecular weight excluding hydrogens is 370 g/mol. The first-order valence-electron chi connectivity index (χ1n) is 8.49. The molecule has 1 aliphatic heterocycles. The number of hydrogen-bond acceptors (Lipinski definition) is 6. The first-order valence-corrected chi connectivity index (χ1v) is 9.93. The Hall–Kier alpha value is -2.78. The van der Waals surface area contributed by atoms with Gasteiger partial charge in [-0.2, -0.15) is 4.31 Å². The Kier molecular flexibility index (Phi) is 5.52. The highest BCUT2D eigenvalue weighted by atomic mass is 32.2. The van der Waals surface area contributed by atoms with Crippen LogP contribution >= 0.6 is 0 Å². The lowest BCUT2D eigenvalue weighted by atomic mass is 10.2. The molecule has 0 atom stereocenters.